The molecule has 0 aliphatic heterocycles. The summed E-state index contributed by atoms with van der Waals surface area (Å²) in [6, 6.07) is 0. The summed E-state index contributed by atoms with van der Waals surface area (Å²) < 4.78 is 5.41. The highest BCUT2D eigenvalue weighted by molar-refractivity contribution is 4.85. The zero-order valence-corrected chi connectivity index (χ0v) is 9.59. The second-order valence-electron chi connectivity index (χ2n) is 4.81. The van der Waals surface area contributed by atoms with Gasteiger partial charge in [-0.15, -0.1) is 0 Å². The molecule has 1 aliphatic rings. The fourth-order valence-corrected chi connectivity index (χ4v) is 2.23. The second-order valence-corrected chi connectivity index (χ2v) is 4.81. The standard InChI is InChI=1S/C12H24O2/c1-3-9-14-10-11(13)12(2)7-5-4-6-8-12/h11,13H,3-10H2,1-2H3. The molecule has 2 nitrogen and oxygen atoms in total. The molecule has 0 heterocycles. The first-order valence-electron chi connectivity index (χ1n) is 5.95. The van der Waals surface area contributed by atoms with Crippen molar-refractivity contribution in [3.8, 4) is 0 Å². The quantitative estimate of drug-likeness (QED) is 0.691. The molecule has 1 aliphatic carbocycles. The maximum atomic E-state index is 10.0. The molecule has 1 atom stereocenters. The summed E-state index contributed by atoms with van der Waals surface area (Å²) in [5, 5.41) is 10.0. The van der Waals surface area contributed by atoms with Crippen LogP contribution in [0.2, 0.25) is 0 Å². The Morgan fingerprint density at radius 3 is 2.50 bits per heavy atom. The van der Waals surface area contributed by atoms with Gasteiger partial charge in [-0.2, -0.15) is 0 Å². The maximum Gasteiger partial charge on any atom is 0.0827 e. The molecule has 1 saturated carbocycles. The molecule has 0 aromatic heterocycles. The Hall–Kier alpha value is -0.0800. The molecular weight excluding hydrogens is 176 g/mol. The fourth-order valence-electron chi connectivity index (χ4n) is 2.23. The van der Waals surface area contributed by atoms with Crippen molar-refractivity contribution < 1.29 is 9.84 Å². The molecule has 84 valence electrons. The zero-order valence-electron chi connectivity index (χ0n) is 9.59. The van der Waals surface area contributed by atoms with E-state index in [2.05, 4.69) is 13.8 Å². The van der Waals surface area contributed by atoms with E-state index in [9.17, 15) is 5.11 Å². The van der Waals surface area contributed by atoms with Crippen molar-refractivity contribution in [3.63, 3.8) is 0 Å². The van der Waals surface area contributed by atoms with Crippen molar-refractivity contribution >= 4 is 0 Å². The Balaban J connectivity index is 2.29. The van der Waals surface area contributed by atoms with Crippen molar-refractivity contribution in [1.82, 2.24) is 0 Å². The van der Waals surface area contributed by atoms with E-state index < -0.39 is 0 Å². The monoisotopic (exact) mass is 200 g/mol. The lowest BCUT2D eigenvalue weighted by molar-refractivity contribution is -0.0498. The normalized spacial score (nSPS) is 23.4. The van der Waals surface area contributed by atoms with E-state index in [-0.39, 0.29) is 11.5 Å². The van der Waals surface area contributed by atoms with Crippen LogP contribution in [0.4, 0.5) is 0 Å². The first-order valence-corrected chi connectivity index (χ1v) is 5.95. The van der Waals surface area contributed by atoms with E-state index in [0.29, 0.717) is 6.61 Å². The minimum absolute atomic E-state index is 0.117. The zero-order chi connectivity index (χ0) is 10.4. The number of aliphatic hydroxyl groups excluding tert-OH is 1. The largest absolute Gasteiger partial charge is 0.390 e. The highest BCUT2D eigenvalue weighted by Gasteiger charge is 2.34. The van der Waals surface area contributed by atoms with Gasteiger partial charge in [0, 0.05) is 6.61 Å². The summed E-state index contributed by atoms with van der Waals surface area (Å²) in [4.78, 5) is 0. The number of aliphatic hydroxyl groups is 1. The van der Waals surface area contributed by atoms with E-state index in [1.165, 1.54) is 19.3 Å². The molecule has 1 N–H and O–H groups in total. The van der Waals surface area contributed by atoms with Crippen LogP contribution < -0.4 is 0 Å². The van der Waals surface area contributed by atoms with Crippen molar-refractivity contribution in [2.45, 2.75) is 58.5 Å². The third-order valence-corrected chi connectivity index (χ3v) is 3.42. The number of rotatable bonds is 5. The van der Waals surface area contributed by atoms with Crippen LogP contribution in [0, 0.1) is 5.41 Å². The highest BCUT2D eigenvalue weighted by atomic mass is 16.5. The van der Waals surface area contributed by atoms with Crippen molar-refractivity contribution in [2.75, 3.05) is 13.2 Å². The molecule has 0 aromatic carbocycles. The van der Waals surface area contributed by atoms with E-state index in [1.807, 2.05) is 0 Å². The van der Waals surface area contributed by atoms with Crippen molar-refractivity contribution in [3.05, 3.63) is 0 Å². The van der Waals surface area contributed by atoms with Gasteiger partial charge in [-0.05, 0) is 24.7 Å². The third-order valence-electron chi connectivity index (χ3n) is 3.42. The van der Waals surface area contributed by atoms with Crippen molar-refractivity contribution in [1.29, 1.82) is 0 Å². The maximum absolute atomic E-state index is 10.0. The van der Waals surface area contributed by atoms with Gasteiger partial charge < -0.3 is 9.84 Å². The van der Waals surface area contributed by atoms with Gasteiger partial charge in [0.15, 0.2) is 0 Å². The van der Waals surface area contributed by atoms with Gasteiger partial charge in [0.1, 0.15) is 0 Å². The van der Waals surface area contributed by atoms with E-state index in [4.69, 9.17) is 4.74 Å². The van der Waals surface area contributed by atoms with Crippen LogP contribution in [0.25, 0.3) is 0 Å². The molecule has 1 fully saturated rings. The van der Waals surface area contributed by atoms with Gasteiger partial charge in [0.25, 0.3) is 0 Å². The molecule has 1 unspecified atom stereocenters. The van der Waals surface area contributed by atoms with E-state index in [1.54, 1.807) is 0 Å². The van der Waals surface area contributed by atoms with Gasteiger partial charge in [0.05, 0.1) is 12.7 Å². The van der Waals surface area contributed by atoms with Crippen LogP contribution in [-0.2, 0) is 4.74 Å². The Kier molecular flexibility index (Phi) is 4.90. The predicted molar refractivity (Wildman–Crippen MR) is 58.3 cm³/mol. The molecule has 0 aromatic rings. The van der Waals surface area contributed by atoms with Crippen LogP contribution in [0.1, 0.15) is 52.4 Å². The molecule has 2 heteroatoms. The average Bonchev–Trinajstić information content (AvgIpc) is 2.19. The van der Waals surface area contributed by atoms with E-state index >= 15 is 0 Å². The molecule has 14 heavy (non-hydrogen) atoms. The molecular formula is C12H24O2. The van der Waals surface area contributed by atoms with Gasteiger partial charge >= 0.3 is 0 Å². The van der Waals surface area contributed by atoms with Crippen LogP contribution >= 0.6 is 0 Å². The van der Waals surface area contributed by atoms with Gasteiger partial charge in [-0.3, -0.25) is 0 Å². The molecule has 0 saturated heterocycles. The molecule has 0 radical (unpaired) electrons. The average molecular weight is 200 g/mol. The molecule has 0 amide bonds. The number of hydrogen-bond donors (Lipinski definition) is 1. The summed E-state index contributed by atoms with van der Waals surface area (Å²) in [5.41, 5.74) is 0.117. The Morgan fingerprint density at radius 2 is 1.93 bits per heavy atom. The van der Waals surface area contributed by atoms with Crippen LogP contribution in [0.3, 0.4) is 0 Å². The fraction of sp³-hybridized carbons (Fsp3) is 1.00. The van der Waals surface area contributed by atoms with Gasteiger partial charge in [0.2, 0.25) is 0 Å². The Bertz CT molecular complexity index is 150. The highest BCUT2D eigenvalue weighted by Crippen LogP contribution is 2.38. The number of ether oxygens (including phenoxy) is 1. The van der Waals surface area contributed by atoms with E-state index in [0.717, 1.165) is 25.9 Å². The lowest BCUT2D eigenvalue weighted by atomic mass is 9.72. The summed E-state index contributed by atoms with van der Waals surface area (Å²) in [6.45, 7) is 5.58. The SMILES string of the molecule is CCCOCC(O)C1(C)CCCCC1. The summed E-state index contributed by atoms with van der Waals surface area (Å²) >= 11 is 0. The summed E-state index contributed by atoms with van der Waals surface area (Å²) in [7, 11) is 0. The number of hydrogen-bond acceptors (Lipinski definition) is 2. The van der Waals surface area contributed by atoms with Gasteiger partial charge in [-0.25, -0.2) is 0 Å². The summed E-state index contributed by atoms with van der Waals surface area (Å²) in [6.07, 6.45) is 6.94. The van der Waals surface area contributed by atoms with Crippen LogP contribution in [-0.4, -0.2) is 24.4 Å². The lowest BCUT2D eigenvalue weighted by Crippen LogP contribution is -2.37. The molecule has 0 bridgehead atoms. The lowest BCUT2D eigenvalue weighted by Gasteiger charge is -2.37. The minimum atomic E-state index is -0.269. The second kappa shape index (κ2) is 5.72. The van der Waals surface area contributed by atoms with Crippen LogP contribution in [0.5, 0.6) is 0 Å². The third kappa shape index (κ3) is 3.25. The van der Waals surface area contributed by atoms with Crippen molar-refractivity contribution in [2.24, 2.45) is 5.41 Å². The topological polar surface area (TPSA) is 29.5 Å². The molecule has 0 spiro atoms. The first kappa shape index (κ1) is 12.0. The van der Waals surface area contributed by atoms with Gasteiger partial charge in [-0.1, -0.05) is 33.1 Å². The molecule has 1 rings (SSSR count). The minimum Gasteiger partial charge on any atom is -0.390 e. The predicted octanol–water partition coefficient (Wildman–Crippen LogP) is 2.74. The summed E-state index contributed by atoms with van der Waals surface area (Å²) in [5.74, 6) is 0. The smallest absolute Gasteiger partial charge is 0.0827 e. The Labute approximate surface area is 87.7 Å². The Morgan fingerprint density at radius 1 is 1.29 bits per heavy atom. The first-order chi connectivity index (χ1) is 6.69. The van der Waals surface area contributed by atoms with Crippen LogP contribution in [0.15, 0.2) is 0 Å².